The third-order valence-electron chi connectivity index (χ3n) is 2.84. The molecule has 3 heterocycles. The number of halogens is 1. The van der Waals surface area contributed by atoms with Crippen LogP contribution in [0.5, 0.6) is 0 Å². The highest BCUT2D eigenvalue weighted by Gasteiger charge is 2.20. The second-order valence-electron chi connectivity index (χ2n) is 5.71. The monoisotopic (exact) mass is 363 g/mol. The van der Waals surface area contributed by atoms with Crippen LogP contribution in [0.2, 0.25) is 0 Å². The van der Waals surface area contributed by atoms with Crippen molar-refractivity contribution in [2.24, 2.45) is 0 Å². The molecule has 3 aromatic rings. The normalized spacial score (nSPS) is 11.8. The Hall–Kier alpha value is -2.22. The largest absolute Gasteiger partial charge is 0.443 e. The van der Waals surface area contributed by atoms with Gasteiger partial charge >= 0.3 is 6.09 Å². The number of hydrogen-bond acceptors (Lipinski definition) is 5. The van der Waals surface area contributed by atoms with Crippen molar-refractivity contribution in [3.05, 3.63) is 35.5 Å². The van der Waals surface area contributed by atoms with E-state index in [0.29, 0.717) is 11.5 Å². The average molecular weight is 364 g/mol. The van der Waals surface area contributed by atoms with Gasteiger partial charge in [-0.25, -0.2) is 24.0 Å². The fourth-order valence-corrected chi connectivity index (χ4v) is 2.47. The molecule has 3 aromatic heterocycles. The lowest BCUT2D eigenvalue weighted by Gasteiger charge is -2.19. The summed E-state index contributed by atoms with van der Waals surface area (Å²) in [4.78, 5) is 20.7. The summed E-state index contributed by atoms with van der Waals surface area (Å²) in [6, 6.07) is 3.62. The van der Waals surface area contributed by atoms with Crippen LogP contribution in [0.4, 0.5) is 4.79 Å². The van der Waals surface area contributed by atoms with Crippen molar-refractivity contribution in [2.45, 2.75) is 26.4 Å². The zero-order chi connectivity index (χ0) is 15.9. The first-order valence-electron chi connectivity index (χ1n) is 6.61. The maximum atomic E-state index is 12.3. The van der Waals surface area contributed by atoms with E-state index in [1.165, 1.54) is 15.6 Å². The van der Waals surface area contributed by atoms with Gasteiger partial charge in [-0.3, -0.25) is 0 Å². The molecule has 8 heteroatoms. The molecule has 0 amide bonds. The molecule has 0 N–H and O–H groups in total. The van der Waals surface area contributed by atoms with Gasteiger partial charge in [-0.15, -0.1) is 0 Å². The zero-order valence-corrected chi connectivity index (χ0v) is 13.9. The van der Waals surface area contributed by atoms with Crippen molar-refractivity contribution < 1.29 is 9.53 Å². The molecule has 22 heavy (non-hydrogen) atoms. The van der Waals surface area contributed by atoms with E-state index in [0.717, 1.165) is 9.86 Å². The lowest BCUT2D eigenvalue weighted by Crippen LogP contribution is -2.27. The van der Waals surface area contributed by atoms with Gasteiger partial charge in [0.05, 0.1) is 0 Å². The third kappa shape index (κ3) is 2.74. The summed E-state index contributed by atoms with van der Waals surface area (Å²) in [5.41, 5.74) is -0.0804. The molecule has 0 aliphatic carbocycles. The Morgan fingerprint density at radius 1 is 1.36 bits per heavy atom. The van der Waals surface area contributed by atoms with Crippen LogP contribution in [0.1, 0.15) is 20.8 Å². The van der Waals surface area contributed by atoms with Gasteiger partial charge < -0.3 is 4.74 Å². The number of rotatable bonds is 1. The van der Waals surface area contributed by atoms with Crippen molar-refractivity contribution in [1.29, 1.82) is 0 Å². The molecule has 0 radical (unpaired) electrons. The first-order chi connectivity index (χ1) is 10.3. The second kappa shape index (κ2) is 5.20. The molecule has 0 aliphatic rings. The number of carbonyl (C=O) groups is 1. The highest BCUT2D eigenvalue weighted by Crippen LogP contribution is 2.26. The fraction of sp³-hybridized carbons (Fsp3) is 0.286. The van der Waals surface area contributed by atoms with Crippen LogP contribution < -0.4 is 0 Å². The molecule has 3 rings (SSSR count). The highest BCUT2D eigenvalue weighted by molar-refractivity contribution is 9.10. The summed E-state index contributed by atoms with van der Waals surface area (Å²) in [6.07, 6.45) is 4.13. The predicted octanol–water partition coefficient (Wildman–Crippen LogP) is 3.16. The van der Waals surface area contributed by atoms with Crippen LogP contribution in [0.3, 0.4) is 0 Å². The van der Waals surface area contributed by atoms with Gasteiger partial charge in [0.15, 0.2) is 11.5 Å². The van der Waals surface area contributed by atoms with E-state index in [1.54, 1.807) is 18.6 Å². The van der Waals surface area contributed by atoms with E-state index in [-0.39, 0.29) is 0 Å². The summed E-state index contributed by atoms with van der Waals surface area (Å²) in [5, 5.41) is 4.86. The van der Waals surface area contributed by atoms with E-state index in [4.69, 9.17) is 4.74 Å². The van der Waals surface area contributed by atoms with E-state index >= 15 is 0 Å². The van der Waals surface area contributed by atoms with Gasteiger partial charge in [0.25, 0.3) is 0 Å². The Morgan fingerprint density at radius 3 is 2.77 bits per heavy atom. The second-order valence-corrected chi connectivity index (χ2v) is 6.56. The molecule has 0 aromatic carbocycles. The van der Waals surface area contributed by atoms with Gasteiger partial charge in [0.2, 0.25) is 0 Å². The van der Waals surface area contributed by atoms with E-state index in [2.05, 4.69) is 31.0 Å². The number of nitrogens with zero attached hydrogens (tertiary/aromatic N) is 5. The van der Waals surface area contributed by atoms with Crippen LogP contribution in [0.25, 0.3) is 16.9 Å². The third-order valence-corrected chi connectivity index (χ3v) is 3.49. The maximum absolute atomic E-state index is 12.3. The van der Waals surface area contributed by atoms with Gasteiger partial charge in [0.1, 0.15) is 18.3 Å². The van der Waals surface area contributed by atoms with Gasteiger partial charge in [0, 0.05) is 16.1 Å². The molecular weight excluding hydrogens is 350 g/mol. The molecule has 0 atom stereocenters. The van der Waals surface area contributed by atoms with Gasteiger partial charge in [-0.1, -0.05) is 0 Å². The summed E-state index contributed by atoms with van der Waals surface area (Å²) < 4.78 is 9.11. The predicted molar refractivity (Wildman–Crippen MR) is 84.0 cm³/mol. The first-order valence-corrected chi connectivity index (χ1v) is 7.40. The molecule has 0 saturated carbocycles. The van der Waals surface area contributed by atoms with E-state index in [9.17, 15) is 4.79 Å². The summed E-state index contributed by atoms with van der Waals surface area (Å²) >= 11 is 3.49. The molecule has 0 bridgehead atoms. The minimum absolute atomic E-state index is 0.474. The van der Waals surface area contributed by atoms with Crippen molar-refractivity contribution >= 4 is 33.1 Å². The van der Waals surface area contributed by atoms with Crippen molar-refractivity contribution in [3.8, 4) is 5.82 Å². The lowest BCUT2D eigenvalue weighted by atomic mass is 10.2. The molecule has 0 fully saturated rings. The molecule has 0 aliphatic heterocycles. The van der Waals surface area contributed by atoms with Crippen LogP contribution in [0, 0.1) is 0 Å². The molecule has 7 nitrogen and oxygen atoms in total. The van der Waals surface area contributed by atoms with Crippen LogP contribution in [0.15, 0.2) is 35.5 Å². The van der Waals surface area contributed by atoms with Crippen LogP contribution in [-0.2, 0) is 4.74 Å². The minimum atomic E-state index is -0.575. The smallest absolute Gasteiger partial charge is 0.420 e. The van der Waals surface area contributed by atoms with Crippen LogP contribution in [-0.4, -0.2) is 36.0 Å². The molecule has 0 unspecified atom stereocenters. The maximum Gasteiger partial charge on any atom is 0.420 e. The minimum Gasteiger partial charge on any atom is -0.443 e. The summed E-state index contributed by atoms with van der Waals surface area (Å²) in [7, 11) is 0. The number of pyridine rings is 1. The number of ether oxygens (including phenoxy) is 1. The SMILES string of the molecule is CC(C)(C)OC(=O)n1ccc2c(Br)cc(-n3cncn3)nc21. The molecule has 0 spiro atoms. The van der Waals surface area contributed by atoms with E-state index < -0.39 is 11.7 Å². The van der Waals surface area contributed by atoms with E-state index in [1.807, 2.05) is 26.8 Å². The Balaban J connectivity index is 2.11. The van der Waals surface area contributed by atoms with Crippen molar-refractivity contribution in [2.75, 3.05) is 0 Å². The summed E-state index contributed by atoms with van der Waals surface area (Å²) in [6.45, 7) is 5.46. The first kappa shape index (κ1) is 14.7. The van der Waals surface area contributed by atoms with Crippen molar-refractivity contribution in [1.82, 2.24) is 24.3 Å². The topological polar surface area (TPSA) is 74.8 Å². The zero-order valence-electron chi connectivity index (χ0n) is 12.3. The van der Waals surface area contributed by atoms with Crippen molar-refractivity contribution in [3.63, 3.8) is 0 Å². The Morgan fingerprint density at radius 2 is 2.14 bits per heavy atom. The fourth-order valence-electron chi connectivity index (χ4n) is 1.96. The Labute approximate surface area is 135 Å². The number of carbonyl (C=O) groups excluding carboxylic acids is 1. The van der Waals surface area contributed by atoms with Crippen LogP contribution >= 0.6 is 15.9 Å². The molecule has 0 saturated heterocycles. The summed E-state index contributed by atoms with van der Waals surface area (Å²) in [5.74, 6) is 0.556. The highest BCUT2D eigenvalue weighted by atomic mass is 79.9. The average Bonchev–Trinajstić information content (AvgIpc) is 3.05. The number of aromatic nitrogens is 5. The lowest BCUT2D eigenvalue weighted by molar-refractivity contribution is 0.0543. The molecular formula is C14H14BrN5O2. The number of fused-ring (bicyclic) bond motifs is 1. The van der Waals surface area contributed by atoms with Gasteiger partial charge in [-0.05, 0) is 48.8 Å². The molecule has 114 valence electrons. The number of hydrogen-bond donors (Lipinski definition) is 0. The quantitative estimate of drug-likeness (QED) is 0.663. The van der Waals surface area contributed by atoms with Gasteiger partial charge in [-0.2, -0.15) is 5.10 Å². The standard InChI is InChI=1S/C14H14BrN5O2/c1-14(2,3)22-13(21)19-5-4-9-10(15)6-11(18-12(9)19)20-8-16-7-17-20/h4-8H,1-3H3. The Bertz CT molecular complexity index is 833. The Kier molecular flexibility index (Phi) is 3.48.